The molecule has 0 radical (unpaired) electrons. The Labute approximate surface area is 221 Å². The summed E-state index contributed by atoms with van der Waals surface area (Å²) in [7, 11) is 1.74. The van der Waals surface area contributed by atoms with E-state index in [0.29, 0.717) is 29.9 Å². The molecule has 1 aromatic carbocycles. The topological polar surface area (TPSA) is 130 Å². The number of nitrogens with zero attached hydrogens (tertiary/aromatic N) is 5. The zero-order valence-corrected chi connectivity index (χ0v) is 22.3. The first-order chi connectivity index (χ1) is 17.7. The first kappa shape index (κ1) is 25.1. The lowest BCUT2D eigenvalue weighted by Gasteiger charge is -2.15. The van der Waals surface area contributed by atoms with Crippen LogP contribution in [0.2, 0.25) is 0 Å². The van der Waals surface area contributed by atoms with E-state index < -0.39 is 5.97 Å². The van der Waals surface area contributed by atoms with Gasteiger partial charge in [0.2, 0.25) is 11.8 Å². The maximum absolute atomic E-state index is 13.2. The maximum Gasteiger partial charge on any atom is 0.337 e. The summed E-state index contributed by atoms with van der Waals surface area (Å²) in [4.78, 5) is 29.3. The molecule has 0 saturated heterocycles. The zero-order valence-electron chi connectivity index (χ0n) is 20.7. The molecule has 0 bridgehead atoms. The number of aromatic nitrogens is 5. The van der Waals surface area contributed by atoms with Crippen LogP contribution in [0.1, 0.15) is 49.0 Å². The smallest absolute Gasteiger partial charge is 0.337 e. The minimum absolute atomic E-state index is 0.0517. The molecule has 4 aromatic rings. The number of nitrogen functional groups attached to an aromatic ring is 1. The molecule has 1 aliphatic rings. The summed E-state index contributed by atoms with van der Waals surface area (Å²) < 4.78 is 12.2. The predicted molar refractivity (Wildman–Crippen MR) is 144 cm³/mol. The van der Waals surface area contributed by atoms with Gasteiger partial charge in [0.25, 0.3) is 5.56 Å². The Hall–Kier alpha value is -3.60. The van der Waals surface area contributed by atoms with Gasteiger partial charge in [-0.2, -0.15) is 5.10 Å². The van der Waals surface area contributed by atoms with E-state index in [1.54, 1.807) is 17.9 Å². The molecular formula is C26H29BrN6O4. The van der Waals surface area contributed by atoms with Crippen LogP contribution in [0.3, 0.4) is 0 Å². The van der Waals surface area contributed by atoms with Crippen LogP contribution in [0.4, 0.5) is 5.95 Å². The lowest BCUT2D eigenvalue weighted by molar-refractivity contribution is 0.0696. The van der Waals surface area contributed by atoms with Gasteiger partial charge in [-0.3, -0.25) is 4.79 Å². The molecule has 3 heterocycles. The number of nitrogens with two attached hydrogens (primary N) is 1. The summed E-state index contributed by atoms with van der Waals surface area (Å²) in [5, 5.41) is 13.8. The fraction of sp³-hybridized carbons (Fsp3) is 0.385. The number of rotatable bonds is 10. The number of aryl methyl sites for hydroxylation is 1. The van der Waals surface area contributed by atoms with Crippen LogP contribution in [-0.4, -0.2) is 41.6 Å². The molecule has 37 heavy (non-hydrogen) atoms. The number of hydrogen-bond acceptors (Lipinski definition) is 6. The minimum Gasteiger partial charge on any atom is -0.478 e. The van der Waals surface area contributed by atoms with Gasteiger partial charge in [-0.25, -0.2) is 14.5 Å². The second-order valence-electron chi connectivity index (χ2n) is 9.69. The summed E-state index contributed by atoms with van der Waals surface area (Å²) in [5.74, 6) is 0.196. The Balaban J connectivity index is 1.27. The van der Waals surface area contributed by atoms with Crippen molar-refractivity contribution in [3.8, 4) is 17.0 Å². The number of imidazole rings is 1. The highest BCUT2D eigenvalue weighted by Gasteiger charge is 2.28. The lowest BCUT2D eigenvalue weighted by atomic mass is 10.1. The Bertz CT molecular complexity index is 1530. The largest absolute Gasteiger partial charge is 0.478 e. The van der Waals surface area contributed by atoms with Crippen molar-refractivity contribution in [2.75, 3.05) is 12.3 Å². The molecule has 0 amide bonds. The number of ether oxygens (including phenoxy) is 1. The van der Waals surface area contributed by atoms with Crippen LogP contribution in [0.15, 0.2) is 45.9 Å². The van der Waals surface area contributed by atoms with Crippen molar-refractivity contribution in [3.63, 3.8) is 0 Å². The van der Waals surface area contributed by atoms with Crippen molar-refractivity contribution < 1.29 is 14.6 Å². The molecule has 11 heteroatoms. The highest BCUT2D eigenvalue weighted by atomic mass is 79.9. The number of fused-ring (bicyclic) bond motifs is 1. The summed E-state index contributed by atoms with van der Waals surface area (Å²) in [6.07, 6.45) is 6.40. The molecule has 3 N–H and O–H groups in total. The second-order valence-corrected chi connectivity index (χ2v) is 10.6. The highest BCUT2D eigenvalue weighted by Crippen LogP contribution is 2.35. The highest BCUT2D eigenvalue weighted by molar-refractivity contribution is 9.10. The number of halogens is 1. The third-order valence-electron chi connectivity index (χ3n) is 6.72. The SMILES string of the molecule is C[C@H](CCCOc1c(-c2cc(C(=O)O)cn(C3CC3)c2=O)cnn1C)Cn1c(N)nc2ccc(Br)cc21. The minimum atomic E-state index is -1.07. The second kappa shape index (κ2) is 10.0. The van der Waals surface area contributed by atoms with E-state index in [4.69, 9.17) is 10.5 Å². The Kier molecular flexibility index (Phi) is 6.80. The van der Waals surface area contributed by atoms with Gasteiger partial charge in [0.15, 0.2) is 0 Å². The molecule has 0 aliphatic heterocycles. The van der Waals surface area contributed by atoms with Crippen molar-refractivity contribution in [3.05, 3.63) is 57.0 Å². The summed E-state index contributed by atoms with van der Waals surface area (Å²) in [6, 6.07) is 7.38. The molecule has 1 fully saturated rings. The van der Waals surface area contributed by atoms with E-state index in [1.165, 1.54) is 16.8 Å². The van der Waals surface area contributed by atoms with Gasteiger partial charge in [-0.15, -0.1) is 0 Å². The number of carbonyl (C=O) groups is 1. The van der Waals surface area contributed by atoms with E-state index in [2.05, 4.69) is 32.9 Å². The molecule has 1 atom stereocenters. The summed E-state index contributed by atoms with van der Waals surface area (Å²) in [5.41, 5.74) is 8.67. The monoisotopic (exact) mass is 568 g/mol. The third-order valence-corrected chi connectivity index (χ3v) is 7.21. The van der Waals surface area contributed by atoms with Crippen molar-refractivity contribution >= 4 is 38.9 Å². The van der Waals surface area contributed by atoms with Crippen molar-refractivity contribution in [2.45, 2.75) is 45.2 Å². The Morgan fingerprint density at radius 3 is 2.81 bits per heavy atom. The number of carboxylic acids is 1. The van der Waals surface area contributed by atoms with Crippen LogP contribution < -0.4 is 16.0 Å². The molecule has 1 saturated carbocycles. The van der Waals surface area contributed by atoms with Crippen LogP contribution >= 0.6 is 15.9 Å². The normalized spacial score (nSPS) is 14.2. The van der Waals surface area contributed by atoms with E-state index in [1.807, 2.05) is 22.8 Å². The molecule has 1 aliphatic carbocycles. The first-order valence-electron chi connectivity index (χ1n) is 12.3. The number of benzene rings is 1. The van der Waals surface area contributed by atoms with Crippen LogP contribution in [-0.2, 0) is 13.6 Å². The Morgan fingerprint density at radius 1 is 1.30 bits per heavy atom. The van der Waals surface area contributed by atoms with Gasteiger partial charge in [0.1, 0.15) is 0 Å². The van der Waals surface area contributed by atoms with Gasteiger partial charge in [0.05, 0.1) is 40.5 Å². The van der Waals surface area contributed by atoms with E-state index in [-0.39, 0.29) is 22.7 Å². The lowest BCUT2D eigenvalue weighted by Crippen LogP contribution is -2.22. The van der Waals surface area contributed by atoms with E-state index in [9.17, 15) is 14.7 Å². The summed E-state index contributed by atoms with van der Waals surface area (Å²) >= 11 is 3.51. The van der Waals surface area contributed by atoms with Gasteiger partial charge in [-0.05, 0) is 55.9 Å². The zero-order chi connectivity index (χ0) is 26.3. The molecule has 194 valence electrons. The number of anilines is 1. The molecule has 5 rings (SSSR count). The first-order valence-corrected chi connectivity index (χ1v) is 13.1. The fourth-order valence-corrected chi connectivity index (χ4v) is 4.98. The van der Waals surface area contributed by atoms with Crippen LogP contribution in [0.25, 0.3) is 22.2 Å². The van der Waals surface area contributed by atoms with Crippen molar-refractivity contribution in [1.29, 1.82) is 0 Å². The van der Waals surface area contributed by atoms with E-state index >= 15 is 0 Å². The quantitative estimate of drug-likeness (QED) is 0.270. The van der Waals surface area contributed by atoms with Gasteiger partial charge in [0, 0.05) is 30.3 Å². The van der Waals surface area contributed by atoms with Gasteiger partial charge < -0.3 is 24.7 Å². The van der Waals surface area contributed by atoms with Crippen molar-refractivity contribution in [2.24, 2.45) is 13.0 Å². The number of carboxylic acid groups (broad SMARTS) is 1. The third kappa shape index (κ3) is 5.13. The average Bonchev–Trinajstić information content (AvgIpc) is 3.58. The number of hydrogen-bond donors (Lipinski definition) is 2. The standard InChI is InChI=1S/C26H29BrN6O4/c1-15(13-33-22-11-17(27)5-8-21(22)30-26(33)28)4-3-9-37-24-20(12-29-31(24)2)19-10-16(25(35)36)14-32(23(19)34)18-6-7-18/h5,8,10-12,14-15,18H,3-4,6-7,9,13H2,1-2H3,(H2,28,30)(H,35,36)/t15-/m1/s1. The average molecular weight is 569 g/mol. The molecule has 10 nitrogen and oxygen atoms in total. The van der Waals surface area contributed by atoms with E-state index in [0.717, 1.165) is 47.7 Å². The summed E-state index contributed by atoms with van der Waals surface area (Å²) in [6.45, 7) is 3.33. The van der Waals surface area contributed by atoms with Crippen molar-refractivity contribution in [1.82, 2.24) is 23.9 Å². The van der Waals surface area contributed by atoms with Crippen LogP contribution in [0.5, 0.6) is 5.88 Å². The maximum atomic E-state index is 13.2. The molecular weight excluding hydrogens is 540 g/mol. The molecule has 0 spiro atoms. The van der Waals surface area contributed by atoms with Gasteiger partial charge in [-0.1, -0.05) is 22.9 Å². The van der Waals surface area contributed by atoms with Gasteiger partial charge >= 0.3 is 5.97 Å². The number of pyridine rings is 1. The Morgan fingerprint density at radius 2 is 2.08 bits per heavy atom. The molecule has 0 unspecified atom stereocenters. The fourth-order valence-electron chi connectivity index (χ4n) is 4.63. The number of aromatic carboxylic acids is 1. The molecule has 3 aromatic heterocycles. The van der Waals surface area contributed by atoms with Crippen LogP contribution in [0, 0.1) is 5.92 Å². The predicted octanol–water partition coefficient (Wildman–Crippen LogP) is 4.47.